The fourth-order valence-electron chi connectivity index (χ4n) is 3.55. The number of hydrogen-bond donors (Lipinski definition) is 2. The van der Waals surface area contributed by atoms with Crippen molar-refractivity contribution >= 4 is 29.3 Å². The number of para-hydroxylation sites is 1. The first-order chi connectivity index (χ1) is 14.8. The Morgan fingerprint density at radius 1 is 1.00 bits per heavy atom. The number of nitrogens with zero attached hydrogens (tertiary/aromatic N) is 1. The minimum atomic E-state index is -0.896. The third kappa shape index (κ3) is 6.07. The van der Waals surface area contributed by atoms with Crippen molar-refractivity contribution in [3.63, 3.8) is 0 Å². The van der Waals surface area contributed by atoms with Crippen molar-refractivity contribution in [3.05, 3.63) is 59.7 Å². The van der Waals surface area contributed by atoms with Crippen LogP contribution < -0.4 is 10.6 Å². The summed E-state index contributed by atoms with van der Waals surface area (Å²) in [5.74, 6) is -1.08. The fraction of sp³-hybridized carbons (Fsp3) is 0.375. The van der Waals surface area contributed by atoms with Gasteiger partial charge in [-0.05, 0) is 57.4 Å². The van der Waals surface area contributed by atoms with E-state index in [1.54, 1.807) is 11.8 Å². The second-order valence-corrected chi connectivity index (χ2v) is 7.94. The van der Waals surface area contributed by atoms with Crippen LogP contribution in [0.4, 0.5) is 16.2 Å². The van der Waals surface area contributed by atoms with E-state index in [1.165, 1.54) is 0 Å². The van der Waals surface area contributed by atoms with Gasteiger partial charge in [0.2, 0.25) is 0 Å². The Balaban J connectivity index is 1.45. The van der Waals surface area contributed by atoms with E-state index in [0.29, 0.717) is 31.6 Å². The molecule has 1 atom stereocenters. The summed E-state index contributed by atoms with van der Waals surface area (Å²) in [5.41, 5.74) is 3.50. The summed E-state index contributed by atoms with van der Waals surface area (Å²) in [6.07, 6.45) is 0.117. The van der Waals surface area contributed by atoms with E-state index in [9.17, 15) is 14.4 Å². The third-order valence-corrected chi connectivity index (χ3v) is 5.44. The molecule has 3 rings (SSSR count). The van der Waals surface area contributed by atoms with Gasteiger partial charge in [0.15, 0.2) is 6.10 Å². The molecule has 1 saturated heterocycles. The van der Waals surface area contributed by atoms with E-state index in [0.717, 1.165) is 16.8 Å². The van der Waals surface area contributed by atoms with Crippen LogP contribution in [0.5, 0.6) is 0 Å². The number of piperidine rings is 1. The molecule has 0 bridgehead atoms. The van der Waals surface area contributed by atoms with Gasteiger partial charge in [0, 0.05) is 24.5 Å². The number of likely N-dealkylation sites (tertiary alicyclic amines) is 1. The van der Waals surface area contributed by atoms with Crippen LogP contribution in [0, 0.1) is 19.8 Å². The van der Waals surface area contributed by atoms with Gasteiger partial charge in [-0.15, -0.1) is 0 Å². The Morgan fingerprint density at radius 3 is 2.32 bits per heavy atom. The van der Waals surface area contributed by atoms with E-state index >= 15 is 0 Å². The lowest BCUT2D eigenvalue weighted by atomic mass is 9.97. The van der Waals surface area contributed by atoms with E-state index in [1.807, 2.05) is 62.4 Å². The first-order valence-electron chi connectivity index (χ1n) is 10.5. The summed E-state index contributed by atoms with van der Waals surface area (Å²) in [6, 6.07) is 14.8. The van der Waals surface area contributed by atoms with Crippen molar-refractivity contribution < 1.29 is 19.1 Å². The second-order valence-electron chi connectivity index (χ2n) is 7.94. The van der Waals surface area contributed by atoms with E-state index in [2.05, 4.69) is 10.6 Å². The molecule has 31 heavy (non-hydrogen) atoms. The Morgan fingerprint density at radius 2 is 1.68 bits per heavy atom. The number of carbonyl (C=O) groups excluding carboxylic acids is 3. The van der Waals surface area contributed by atoms with Crippen molar-refractivity contribution in [1.29, 1.82) is 0 Å². The number of rotatable bonds is 5. The van der Waals surface area contributed by atoms with Gasteiger partial charge in [0.05, 0.1) is 5.92 Å². The lowest BCUT2D eigenvalue weighted by molar-refractivity contribution is -0.158. The maximum Gasteiger partial charge on any atom is 0.321 e. The number of anilines is 2. The van der Waals surface area contributed by atoms with Gasteiger partial charge in [-0.2, -0.15) is 0 Å². The average Bonchev–Trinajstić information content (AvgIpc) is 2.76. The predicted molar refractivity (Wildman–Crippen MR) is 120 cm³/mol. The molecule has 0 unspecified atom stereocenters. The molecule has 3 amide bonds. The van der Waals surface area contributed by atoms with Crippen molar-refractivity contribution in [1.82, 2.24) is 4.90 Å². The number of urea groups is 1. The molecular formula is C24H29N3O4. The zero-order chi connectivity index (χ0) is 22.4. The predicted octanol–water partition coefficient (Wildman–Crippen LogP) is 4.12. The molecule has 164 valence electrons. The first-order valence-corrected chi connectivity index (χ1v) is 10.5. The molecule has 2 aromatic rings. The molecule has 0 radical (unpaired) electrons. The number of amides is 3. The minimum Gasteiger partial charge on any atom is -0.452 e. The molecule has 0 aliphatic carbocycles. The van der Waals surface area contributed by atoms with Gasteiger partial charge in [-0.3, -0.25) is 9.59 Å². The molecule has 0 saturated carbocycles. The topological polar surface area (TPSA) is 87.7 Å². The highest BCUT2D eigenvalue weighted by Crippen LogP contribution is 2.21. The Labute approximate surface area is 182 Å². The van der Waals surface area contributed by atoms with Gasteiger partial charge in [-0.1, -0.05) is 35.9 Å². The molecule has 1 heterocycles. The first kappa shape index (κ1) is 22.3. The number of benzene rings is 2. The largest absolute Gasteiger partial charge is 0.452 e. The van der Waals surface area contributed by atoms with Gasteiger partial charge in [-0.25, -0.2) is 4.79 Å². The molecule has 1 fully saturated rings. The molecule has 0 aromatic heterocycles. The van der Waals surface area contributed by atoms with Crippen LogP contribution in [0.1, 0.15) is 30.9 Å². The van der Waals surface area contributed by atoms with Crippen LogP contribution in [-0.4, -0.2) is 42.0 Å². The smallest absolute Gasteiger partial charge is 0.321 e. The monoisotopic (exact) mass is 423 g/mol. The summed E-state index contributed by atoms with van der Waals surface area (Å²) in [5, 5.41) is 5.67. The molecule has 1 aliphatic rings. The molecule has 1 aliphatic heterocycles. The van der Waals surface area contributed by atoms with E-state index in [4.69, 9.17) is 4.74 Å². The number of esters is 1. The number of hydrogen-bond acceptors (Lipinski definition) is 4. The molecule has 7 nitrogen and oxygen atoms in total. The summed E-state index contributed by atoms with van der Waals surface area (Å²) in [6.45, 7) is 6.39. The van der Waals surface area contributed by atoms with Crippen molar-refractivity contribution in [2.45, 2.75) is 39.7 Å². The molecule has 2 aromatic carbocycles. The molecule has 2 N–H and O–H groups in total. The van der Waals surface area contributed by atoms with Crippen molar-refractivity contribution in [2.24, 2.45) is 5.92 Å². The second kappa shape index (κ2) is 10.1. The number of nitrogens with one attached hydrogen (secondary N) is 2. The van der Waals surface area contributed by atoms with Crippen LogP contribution in [0.3, 0.4) is 0 Å². The van der Waals surface area contributed by atoms with Gasteiger partial charge < -0.3 is 20.3 Å². The van der Waals surface area contributed by atoms with Crippen LogP contribution >= 0.6 is 0 Å². The van der Waals surface area contributed by atoms with E-state index < -0.39 is 12.1 Å². The van der Waals surface area contributed by atoms with Crippen molar-refractivity contribution in [2.75, 3.05) is 23.7 Å². The SMILES string of the molecule is Cc1ccc(NC(=O)[C@H](C)OC(=O)C2CCN(C(=O)Nc3ccccc3)CC2)c(C)c1. The summed E-state index contributed by atoms with van der Waals surface area (Å²) in [7, 11) is 0. The lowest BCUT2D eigenvalue weighted by Crippen LogP contribution is -2.43. The van der Waals surface area contributed by atoms with Crippen LogP contribution in [0.15, 0.2) is 48.5 Å². The van der Waals surface area contributed by atoms with Crippen molar-refractivity contribution in [3.8, 4) is 0 Å². The Kier molecular flexibility index (Phi) is 7.28. The zero-order valence-electron chi connectivity index (χ0n) is 18.2. The van der Waals surface area contributed by atoms with Gasteiger partial charge >= 0.3 is 12.0 Å². The normalized spacial score (nSPS) is 15.1. The highest BCUT2D eigenvalue weighted by Gasteiger charge is 2.30. The van der Waals surface area contributed by atoms with Crippen LogP contribution in [0.2, 0.25) is 0 Å². The maximum absolute atomic E-state index is 12.5. The summed E-state index contributed by atoms with van der Waals surface area (Å²) >= 11 is 0. The summed E-state index contributed by atoms with van der Waals surface area (Å²) in [4.78, 5) is 39.0. The average molecular weight is 424 g/mol. The lowest BCUT2D eigenvalue weighted by Gasteiger charge is -2.31. The highest BCUT2D eigenvalue weighted by atomic mass is 16.5. The van der Waals surface area contributed by atoms with Gasteiger partial charge in [0.1, 0.15) is 0 Å². The number of carbonyl (C=O) groups is 3. The Hall–Kier alpha value is -3.35. The standard InChI is InChI=1S/C24H29N3O4/c1-16-9-10-21(17(2)15-16)26-22(28)18(3)31-23(29)19-11-13-27(14-12-19)24(30)25-20-7-5-4-6-8-20/h4-10,15,18-19H,11-14H2,1-3H3,(H,25,30)(H,26,28)/t18-/m0/s1. The quantitative estimate of drug-likeness (QED) is 0.708. The molecule has 7 heteroatoms. The minimum absolute atomic E-state index is 0.181. The summed E-state index contributed by atoms with van der Waals surface area (Å²) < 4.78 is 5.41. The van der Waals surface area contributed by atoms with Crippen LogP contribution in [-0.2, 0) is 14.3 Å². The third-order valence-electron chi connectivity index (χ3n) is 5.44. The molecular weight excluding hydrogens is 394 g/mol. The van der Waals surface area contributed by atoms with Crippen LogP contribution in [0.25, 0.3) is 0 Å². The maximum atomic E-state index is 12.5. The zero-order valence-corrected chi connectivity index (χ0v) is 18.2. The number of ether oxygens (including phenoxy) is 1. The Bertz CT molecular complexity index is 937. The van der Waals surface area contributed by atoms with Gasteiger partial charge in [0.25, 0.3) is 5.91 Å². The highest BCUT2D eigenvalue weighted by molar-refractivity contribution is 5.96. The fourth-order valence-corrected chi connectivity index (χ4v) is 3.55. The van der Waals surface area contributed by atoms with E-state index in [-0.39, 0.29) is 17.9 Å². The molecule has 0 spiro atoms. The number of aryl methyl sites for hydroxylation is 2.